The van der Waals surface area contributed by atoms with Crippen molar-refractivity contribution in [3.63, 3.8) is 0 Å². The zero-order chi connectivity index (χ0) is 15.5. The van der Waals surface area contributed by atoms with Crippen LogP contribution in [0.1, 0.15) is 29.9 Å². The molecule has 0 aliphatic heterocycles. The Morgan fingerprint density at radius 2 is 1.81 bits per heavy atom. The van der Waals surface area contributed by atoms with Crippen molar-refractivity contribution in [2.45, 2.75) is 20.4 Å². The number of aromatic nitrogens is 1. The van der Waals surface area contributed by atoms with Gasteiger partial charge in [-0.3, -0.25) is 9.78 Å². The molecule has 118 valence electrons. The van der Waals surface area contributed by atoms with Gasteiger partial charge in [0.2, 0.25) is 0 Å². The summed E-state index contributed by atoms with van der Waals surface area (Å²) in [5.74, 6) is -0.113. The van der Waals surface area contributed by atoms with E-state index in [0.29, 0.717) is 51.8 Å². The average molecular weight is 295 g/mol. The maximum atomic E-state index is 12.5. The Balaban J connectivity index is 2.66. The molecule has 1 heterocycles. The van der Waals surface area contributed by atoms with Crippen LogP contribution < -0.4 is 5.73 Å². The summed E-state index contributed by atoms with van der Waals surface area (Å²) in [6, 6.07) is 3.53. The van der Waals surface area contributed by atoms with Crippen LogP contribution in [0.25, 0.3) is 0 Å². The number of hydrogen-bond acceptors (Lipinski definition) is 5. The number of nitrogens with two attached hydrogens (primary N) is 1. The predicted octanol–water partition coefficient (Wildman–Crippen LogP) is 1.06. The highest BCUT2D eigenvalue weighted by Crippen LogP contribution is 2.04. The minimum absolute atomic E-state index is 0.113. The highest BCUT2D eigenvalue weighted by molar-refractivity contribution is 5.92. The molecule has 0 aromatic carbocycles. The van der Waals surface area contributed by atoms with Crippen molar-refractivity contribution in [3.05, 3.63) is 29.6 Å². The van der Waals surface area contributed by atoms with E-state index >= 15 is 0 Å². The average Bonchev–Trinajstić information content (AvgIpc) is 2.53. The quantitative estimate of drug-likeness (QED) is 0.653. The lowest BCUT2D eigenvalue weighted by atomic mass is 10.2. The molecule has 6 heteroatoms. The van der Waals surface area contributed by atoms with Gasteiger partial charge in [0.15, 0.2) is 0 Å². The highest BCUT2D eigenvalue weighted by Gasteiger charge is 2.16. The Labute approximate surface area is 126 Å². The second kappa shape index (κ2) is 10.3. The van der Waals surface area contributed by atoms with Crippen LogP contribution in [0.5, 0.6) is 0 Å². The Morgan fingerprint density at radius 3 is 2.24 bits per heavy atom. The molecule has 0 spiro atoms. The first-order valence-electron chi connectivity index (χ1n) is 7.32. The number of amides is 1. The summed E-state index contributed by atoms with van der Waals surface area (Å²) in [6.07, 6.45) is 1.64. The van der Waals surface area contributed by atoms with E-state index in [1.807, 2.05) is 19.9 Å². The van der Waals surface area contributed by atoms with E-state index in [-0.39, 0.29) is 5.91 Å². The van der Waals surface area contributed by atoms with Gasteiger partial charge in [0.25, 0.3) is 5.91 Å². The number of carbonyl (C=O) groups is 1. The van der Waals surface area contributed by atoms with Crippen molar-refractivity contribution in [2.24, 2.45) is 5.73 Å². The van der Waals surface area contributed by atoms with Crippen molar-refractivity contribution < 1.29 is 14.3 Å². The Bertz CT molecular complexity index is 399. The smallest absolute Gasteiger partial charge is 0.272 e. The van der Waals surface area contributed by atoms with Crippen LogP contribution in [0.2, 0.25) is 0 Å². The molecule has 1 aromatic heterocycles. The minimum atomic E-state index is -0.113. The molecule has 1 rings (SSSR count). The fraction of sp³-hybridized carbons (Fsp3) is 0.600. The lowest BCUT2D eigenvalue weighted by molar-refractivity contribution is 0.0545. The van der Waals surface area contributed by atoms with Crippen LogP contribution >= 0.6 is 0 Å². The molecule has 0 bridgehead atoms. The van der Waals surface area contributed by atoms with Crippen LogP contribution in [0.15, 0.2) is 18.3 Å². The fourth-order valence-corrected chi connectivity index (χ4v) is 1.79. The summed E-state index contributed by atoms with van der Waals surface area (Å²) in [4.78, 5) is 18.3. The number of nitrogens with zero attached hydrogens (tertiary/aromatic N) is 2. The number of pyridine rings is 1. The third kappa shape index (κ3) is 6.20. The normalized spacial score (nSPS) is 10.6. The van der Waals surface area contributed by atoms with Gasteiger partial charge < -0.3 is 20.1 Å². The summed E-state index contributed by atoms with van der Waals surface area (Å²) in [6.45, 7) is 7.62. The monoisotopic (exact) mass is 295 g/mol. The number of carbonyl (C=O) groups excluding carboxylic acids is 1. The van der Waals surface area contributed by atoms with Crippen molar-refractivity contribution in [2.75, 3.05) is 39.5 Å². The molecule has 0 fully saturated rings. The molecule has 1 aromatic rings. The predicted molar refractivity (Wildman–Crippen MR) is 81.0 cm³/mol. The van der Waals surface area contributed by atoms with E-state index in [9.17, 15) is 4.79 Å². The van der Waals surface area contributed by atoms with E-state index in [2.05, 4.69) is 4.98 Å². The van der Waals surface area contributed by atoms with Gasteiger partial charge in [-0.15, -0.1) is 0 Å². The minimum Gasteiger partial charge on any atom is -0.380 e. The number of hydrogen-bond donors (Lipinski definition) is 1. The standard InChI is InChI=1S/C15H25N3O3/c1-3-20-9-7-18(8-10-21-4-2)15(19)14-6-5-13(11-16)12-17-14/h5-6,12H,3-4,7-11,16H2,1-2H3. The van der Waals surface area contributed by atoms with Crippen LogP contribution in [-0.4, -0.2) is 55.3 Å². The van der Waals surface area contributed by atoms with Gasteiger partial charge in [0.05, 0.1) is 13.2 Å². The van der Waals surface area contributed by atoms with E-state index in [1.54, 1.807) is 17.2 Å². The fourth-order valence-electron chi connectivity index (χ4n) is 1.79. The molecular weight excluding hydrogens is 270 g/mol. The van der Waals surface area contributed by atoms with Crippen LogP contribution in [0.4, 0.5) is 0 Å². The van der Waals surface area contributed by atoms with Crippen molar-refractivity contribution in [1.82, 2.24) is 9.88 Å². The van der Waals surface area contributed by atoms with Gasteiger partial charge in [0.1, 0.15) is 5.69 Å². The summed E-state index contributed by atoms with van der Waals surface area (Å²) in [7, 11) is 0. The second-order valence-corrected chi connectivity index (χ2v) is 4.44. The zero-order valence-electron chi connectivity index (χ0n) is 12.9. The first-order valence-corrected chi connectivity index (χ1v) is 7.32. The molecule has 21 heavy (non-hydrogen) atoms. The van der Waals surface area contributed by atoms with Crippen molar-refractivity contribution in [1.29, 1.82) is 0 Å². The lowest BCUT2D eigenvalue weighted by Crippen LogP contribution is -2.37. The maximum Gasteiger partial charge on any atom is 0.272 e. The first kappa shape index (κ1) is 17.6. The highest BCUT2D eigenvalue weighted by atomic mass is 16.5. The molecule has 0 saturated heterocycles. The number of rotatable bonds is 10. The summed E-state index contributed by atoms with van der Waals surface area (Å²) >= 11 is 0. The third-order valence-corrected chi connectivity index (χ3v) is 2.99. The van der Waals surface area contributed by atoms with Crippen LogP contribution in [-0.2, 0) is 16.0 Å². The van der Waals surface area contributed by atoms with Crippen molar-refractivity contribution in [3.8, 4) is 0 Å². The topological polar surface area (TPSA) is 77.7 Å². The van der Waals surface area contributed by atoms with Gasteiger partial charge in [-0.05, 0) is 25.5 Å². The molecule has 2 N–H and O–H groups in total. The molecule has 0 aliphatic rings. The van der Waals surface area contributed by atoms with Gasteiger partial charge in [0, 0.05) is 39.0 Å². The maximum absolute atomic E-state index is 12.5. The molecule has 0 atom stereocenters. The molecule has 0 unspecified atom stereocenters. The van der Waals surface area contributed by atoms with E-state index in [1.165, 1.54) is 0 Å². The Morgan fingerprint density at radius 1 is 1.19 bits per heavy atom. The summed E-state index contributed by atoms with van der Waals surface area (Å²) in [5.41, 5.74) is 6.85. The molecule has 0 radical (unpaired) electrons. The Kier molecular flexibility index (Phi) is 8.57. The largest absolute Gasteiger partial charge is 0.380 e. The van der Waals surface area contributed by atoms with E-state index in [0.717, 1.165) is 5.56 Å². The van der Waals surface area contributed by atoms with Gasteiger partial charge in [-0.25, -0.2) is 0 Å². The Hall–Kier alpha value is -1.50. The second-order valence-electron chi connectivity index (χ2n) is 4.44. The van der Waals surface area contributed by atoms with Gasteiger partial charge in [-0.1, -0.05) is 6.07 Å². The van der Waals surface area contributed by atoms with Crippen molar-refractivity contribution >= 4 is 5.91 Å². The molecule has 6 nitrogen and oxygen atoms in total. The van der Waals surface area contributed by atoms with Crippen LogP contribution in [0, 0.1) is 0 Å². The molecule has 0 aliphatic carbocycles. The molecule has 0 saturated carbocycles. The zero-order valence-corrected chi connectivity index (χ0v) is 12.9. The number of ether oxygens (including phenoxy) is 2. The van der Waals surface area contributed by atoms with E-state index in [4.69, 9.17) is 15.2 Å². The molecule has 1 amide bonds. The van der Waals surface area contributed by atoms with Gasteiger partial charge in [-0.2, -0.15) is 0 Å². The molecular formula is C15H25N3O3. The summed E-state index contributed by atoms with van der Waals surface area (Å²) in [5, 5.41) is 0. The van der Waals surface area contributed by atoms with Gasteiger partial charge >= 0.3 is 0 Å². The lowest BCUT2D eigenvalue weighted by Gasteiger charge is -2.22. The summed E-state index contributed by atoms with van der Waals surface area (Å²) < 4.78 is 10.6. The SMILES string of the molecule is CCOCCN(CCOCC)C(=O)c1ccc(CN)cn1. The van der Waals surface area contributed by atoms with Crippen LogP contribution in [0.3, 0.4) is 0 Å². The van der Waals surface area contributed by atoms with E-state index < -0.39 is 0 Å². The first-order chi connectivity index (χ1) is 10.2. The third-order valence-electron chi connectivity index (χ3n) is 2.99.